The molecule has 1 N–H and O–H groups in total. The van der Waals surface area contributed by atoms with Crippen molar-refractivity contribution >= 4 is 5.91 Å². The van der Waals surface area contributed by atoms with Crippen molar-refractivity contribution < 1.29 is 18.7 Å². The summed E-state index contributed by atoms with van der Waals surface area (Å²) in [5, 5.41) is 2.86. The van der Waals surface area contributed by atoms with Crippen LogP contribution >= 0.6 is 0 Å². The van der Waals surface area contributed by atoms with E-state index in [1.54, 1.807) is 38.5 Å². The van der Waals surface area contributed by atoms with Crippen LogP contribution in [0.2, 0.25) is 0 Å². The van der Waals surface area contributed by atoms with Gasteiger partial charge in [-0.25, -0.2) is 4.39 Å². The molecule has 0 radical (unpaired) electrons. The number of benzene rings is 2. The maximum atomic E-state index is 12.8. The molecule has 0 heterocycles. The molecule has 23 heavy (non-hydrogen) atoms. The van der Waals surface area contributed by atoms with Gasteiger partial charge in [0.1, 0.15) is 5.82 Å². The van der Waals surface area contributed by atoms with E-state index in [1.165, 1.54) is 12.1 Å². The number of hydrogen-bond acceptors (Lipinski definition) is 3. The third-order valence-electron chi connectivity index (χ3n) is 3.46. The van der Waals surface area contributed by atoms with Gasteiger partial charge in [-0.15, -0.1) is 0 Å². The van der Waals surface area contributed by atoms with Crippen molar-refractivity contribution in [3.05, 3.63) is 59.4 Å². The summed E-state index contributed by atoms with van der Waals surface area (Å²) >= 11 is 0. The molecule has 2 rings (SSSR count). The highest BCUT2D eigenvalue weighted by atomic mass is 19.1. The molecule has 0 saturated heterocycles. The number of ether oxygens (including phenoxy) is 2. The first-order valence-electron chi connectivity index (χ1n) is 7.34. The Morgan fingerprint density at radius 2 is 1.65 bits per heavy atom. The largest absolute Gasteiger partial charge is 0.493 e. The van der Waals surface area contributed by atoms with Gasteiger partial charge in [0, 0.05) is 6.54 Å². The molecule has 0 aromatic heterocycles. The van der Waals surface area contributed by atoms with Crippen LogP contribution in [-0.2, 0) is 17.6 Å². The van der Waals surface area contributed by atoms with E-state index in [1.807, 2.05) is 6.07 Å². The summed E-state index contributed by atoms with van der Waals surface area (Å²) in [7, 11) is 3.13. The number of nitrogens with one attached hydrogen (secondary N) is 1. The highest BCUT2D eigenvalue weighted by Crippen LogP contribution is 2.27. The topological polar surface area (TPSA) is 47.6 Å². The Labute approximate surface area is 135 Å². The third kappa shape index (κ3) is 4.98. The first kappa shape index (κ1) is 16.8. The maximum absolute atomic E-state index is 12.8. The lowest BCUT2D eigenvalue weighted by atomic mass is 10.1. The predicted octanol–water partition coefficient (Wildman–Crippen LogP) is 2.74. The zero-order chi connectivity index (χ0) is 16.7. The Balaban J connectivity index is 1.83. The van der Waals surface area contributed by atoms with Gasteiger partial charge >= 0.3 is 0 Å². The number of amides is 1. The number of methoxy groups -OCH3 is 2. The van der Waals surface area contributed by atoms with Crippen LogP contribution < -0.4 is 14.8 Å². The van der Waals surface area contributed by atoms with E-state index in [9.17, 15) is 9.18 Å². The zero-order valence-corrected chi connectivity index (χ0v) is 13.3. The van der Waals surface area contributed by atoms with E-state index in [4.69, 9.17) is 9.47 Å². The number of carbonyl (C=O) groups excluding carboxylic acids is 1. The van der Waals surface area contributed by atoms with Gasteiger partial charge in [-0.05, 0) is 41.8 Å². The molecule has 122 valence electrons. The molecule has 5 heteroatoms. The lowest BCUT2D eigenvalue weighted by Gasteiger charge is -2.10. The first-order chi connectivity index (χ1) is 11.1. The van der Waals surface area contributed by atoms with Crippen molar-refractivity contribution in [1.82, 2.24) is 5.32 Å². The molecule has 0 fully saturated rings. The van der Waals surface area contributed by atoms with E-state index in [2.05, 4.69) is 5.32 Å². The van der Waals surface area contributed by atoms with Crippen LogP contribution in [0.4, 0.5) is 4.39 Å². The predicted molar refractivity (Wildman–Crippen MR) is 86.4 cm³/mol. The van der Waals surface area contributed by atoms with Gasteiger partial charge in [-0.2, -0.15) is 0 Å². The van der Waals surface area contributed by atoms with Crippen LogP contribution in [0.1, 0.15) is 11.1 Å². The van der Waals surface area contributed by atoms with Crippen molar-refractivity contribution in [2.24, 2.45) is 0 Å². The normalized spacial score (nSPS) is 10.2. The third-order valence-corrected chi connectivity index (χ3v) is 3.46. The number of hydrogen-bond donors (Lipinski definition) is 1. The highest BCUT2D eigenvalue weighted by molar-refractivity contribution is 5.78. The zero-order valence-electron chi connectivity index (χ0n) is 13.3. The van der Waals surface area contributed by atoms with Crippen molar-refractivity contribution in [3.8, 4) is 11.5 Å². The van der Waals surface area contributed by atoms with Crippen LogP contribution in [0.15, 0.2) is 42.5 Å². The summed E-state index contributed by atoms with van der Waals surface area (Å²) in [6.45, 7) is 0.512. The molecule has 1 amide bonds. The summed E-state index contributed by atoms with van der Waals surface area (Å²) < 4.78 is 23.2. The Morgan fingerprint density at radius 3 is 2.30 bits per heavy atom. The minimum Gasteiger partial charge on any atom is -0.493 e. The SMILES string of the molecule is COc1ccc(CC(=O)NCCc2ccc(F)cc2)cc1OC. The van der Waals surface area contributed by atoms with Crippen LogP contribution in [0.25, 0.3) is 0 Å². The molecule has 2 aromatic carbocycles. The van der Waals surface area contributed by atoms with Crippen molar-refractivity contribution in [2.45, 2.75) is 12.8 Å². The fourth-order valence-electron chi connectivity index (χ4n) is 2.24. The highest BCUT2D eigenvalue weighted by Gasteiger charge is 2.08. The Morgan fingerprint density at radius 1 is 1.00 bits per heavy atom. The molecule has 2 aromatic rings. The average molecular weight is 317 g/mol. The second-order valence-corrected chi connectivity index (χ2v) is 5.09. The maximum Gasteiger partial charge on any atom is 0.224 e. The van der Waals surface area contributed by atoms with E-state index in [0.717, 1.165) is 11.1 Å². The Kier molecular flexibility index (Phi) is 5.97. The summed E-state index contributed by atoms with van der Waals surface area (Å²) in [6.07, 6.45) is 0.932. The van der Waals surface area contributed by atoms with Crippen molar-refractivity contribution in [3.63, 3.8) is 0 Å². The summed E-state index contributed by atoms with van der Waals surface area (Å²) in [6, 6.07) is 11.7. The fourth-order valence-corrected chi connectivity index (χ4v) is 2.24. The molecule has 0 aliphatic heterocycles. The van der Waals surface area contributed by atoms with E-state index < -0.39 is 0 Å². The smallest absolute Gasteiger partial charge is 0.224 e. The lowest BCUT2D eigenvalue weighted by molar-refractivity contribution is -0.120. The van der Waals surface area contributed by atoms with Gasteiger partial charge in [0.05, 0.1) is 20.6 Å². The van der Waals surface area contributed by atoms with Gasteiger partial charge in [0.25, 0.3) is 0 Å². The summed E-state index contributed by atoms with van der Waals surface area (Å²) in [4.78, 5) is 12.0. The molecular weight excluding hydrogens is 297 g/mol. The molecule has 4 nitrogen and oxygen atoms in total. The molecule has 0 saturated carbocycles. The molecule has 0 unspecified atom stereocenters. The molecule has 0 spiro atoms. The van der Waals surface area contributed by atoms with Gasteiger partial charge in [-0.3, -0.25) is 4.79 Å². The number of rotatable bonds is 7. The Bertz CT molecular complexity index is 656. The van der Waals surface area contributed by atoms with E-state index in [-0.39, 0.29) is 18.1 Å². The Hall–Kier alpha value is -2.56. The van der Waals surface area contributed by atoms with E-state index in [0.29, 0.717) is 24.5 Å². The lowest BCUT2D eigenvalue weighted by Crippen LogP contribution is -2.27. The standard InChI is InChI=1S/C18H20FNO3/c1-22-16-8-5-14(11-17(16)23-2)12-18(21)20-10-9-13-3-6-15(19)7-4-13/h3-8,11H,9-10,12H2,1-2H3,(H,20,21). The molecular formula is C18H20FNO3. The minimum atomic E-state index is -0.258. The van der Waals surface area contributed by atoms with Crippen molar-refractivity contribution in [2.75, 3.05) is 20.8 Å². The van der Waals surface area contributed by atoms with Crippen LogP contribution in [-0.4, -0.2) is 26.7 Å². The van der Waals surface area contributed by atoms with Gasteiger partial charge < -0.3 is 14.8 Å². The average Bonchev–Trinajstić information content (AvgIpc) is 2.56. The summed E-state index contributed by atoms with van der Waals surface area (Å²) in [5.41, 5.74) is 1.83. The van der Waals surface area contributed by atoms with Gasteiger partial charge in [0.2, 0.25) is 5.91 Å². The van der Waals surface area contributed by atoms with Crippen LogP contribution in [0, 0.1) is 5.82 Å². The van der Waals surface area contributed by atoms with Crippen molar-refractivity contribution in [1.29, 1.82) is 0 Å². The van der Waals surface area contributed by atoms with Gasteiger partial charge in [-0.1, -0.05) is 18.2 Å². The fraction of sp³-hybridized carbons (Fsp3) is 0.278. The molecule has 0 bridgehead atoms. The molecule has 0 aliphatic rings. The second-order valence-electron chi connectivity index (χ2n) is 5.09. The van der Waals surface area contributed by atoms with E-state index >= 15 is 0 Å². The number of halogens is 1. The molecule has 0 aliphatic carbocycles. The quantitative estimate of drug-likeness (QED) is 0.854. The second kappa shape index (κ2) is 8.17. The van der Waals surface area contributed by atoms with Crippen LogP contribution in [0.5, 0.6) is 11.5 Å². The van der Waals surface area contributed by atoms with Gasteiger partial charge in [0.15, 0.2) is 11.5 Å². The number of carbonyl (C=O) groups is 1. The first-order valence-corrected chi connectivity index (χ1v) is 7.34. The minimum absolute atomic E-state index is 0.0701. The van der Waals surface area contributed by atoms with Crippen LogP contribution in [0.3, 0.4) is 0 Å². The monoisotopic (exact) mass is 317 g/mol. The summed E-state index contributed by atoms with van der Waals surface area (Å²) in [5.74, 6) is 0.905. The molecule has 0 atom stereocenters.